The van der Waals surface area contributed by atoms with Gasteiger partial charge in [0.05, 0.1) is 0 Å². The van der Waals surface area contributed by atoms with Gasteiger partial charge in [0.25, 0.3) is 0 Å². The van der Waals surface area contributed by atoms with Crippen molar-refractivity contribution >= 4 is 11.7 Å². The van der Waals surface area contributed by atoms with E-state index < -0.39 is 36.1 Å². The van der Waals surface area contributed by atoms with Gasteiger partial charge in [-0.25, -0.2) is 0 Å². The molecule has 0 saturated heterocycles. The number of nitrogens with one attached hydrogen (secondary N) is 1. The quantitative estimate of drug-likeness (QED) is 0.341. The maximum atomic E-state index is 12.8. The van der Waals surface area contributed by atoms with E-state index >= 15 is 0 Å². The third-order valence-corrected chi connectivity index (χ3v) is 4.50. The van der Waals surface area contributed by atoms with Crippen molar-refractivity contribution in [1.29, 1.82) is 0 Å². The highest BCUT2D eigenvalue weighted by Gasteiger charge is 2.36. The third kappa shape index (κ3) is 10.9. The Bertz CT molecular complexity index is 526. The Morgan fingerprint density at radius 3 is 2.14 bits per heavy atom. The van der Waals surface area contributed by atoms with Crippen LogP contribution >= 0.6 is 0 Å². The lowest BCUT2D eigenvalue weighted by atomic mass is 9.88. The first-order valence-corrected chi connectivity index (χ1v) is 10.4. The Kier molecular flexibility index (Phi) is 12.5. The Morgan fingerprint density at radius 1 is 1.10 bits per heavy atom. The van der Waals surface area contributed by atoms with E-state index in [1.165, 1.54) is 13.2 Å². The number of ether oxygens (including phenoxy) is 1. The molecule has 4 N–H and O–H groups in total. The molecule has 0 unspecified atom stereocenters. The number of allylic oxidation sites excluding steroid dienone is 1. The molecule has 0 radical (unpaired) electrons. The Balaban J connectivity index is 5.21. The van der Waals surface area contributed by atoms with Crippen molar-refractivity contribution in [1.82, 2.24) is 5.32 Å². The molecular formula is C22H41NO6. The minimum absolute atomic E-state index is 0.107. The van der Waals surface area contributed by atoms with Crippen molar-refractivity contribution in [3.05, 3.63) is 12.2 Å². The second kappa shape index (κ2) is 13.1. The number of carbonyl (C=O) groups excluding carboxylic acids is 2. The smallest absolute Gasteiger partial charge is 0.223 e. The Morgan fingerprint density at radius 2 is 1.69 bits per heavy atom. The van der Waals surface area contributed by atoms with Crippen LogP contribution in [0, 0.1) is 17.3 Å². The summed E-state index contributed by atoms with van der Waals surface area (Å²) in [6.45, 7) is 12.2. The van der Waals surface area contributed by atoms with Crippen LogP contribution in [0.4, 0.5) is 0 Å². The Labute approximate surface area is 175 Å². The zero-order valence-corrected chi connectivity index (χ0v) is 19.0. The van der Waals surface area contributed by atoms with Crippen LogP contribution in [-0.2, 0) is 14.3 Å². The molecular weight excluding hydrogens is 374 g/mol. The van der Waals surface area contributed by atoms with E-state index in [1.807, 2.05) is 41.5 Å². The predicted molar refractivity (Wildman–Crippen MR) is 113 cm³/mol. The van der Waals surface area contributed by atoms with Crippen LogP contribution in [0.1, 0.15) is 60.8 Å². The van der Waals surface area contributed by atoms with E-state index in [4.69, 9.17) is 4.74 Å². The molecule has 7 nitrogen and oxygen atoms in total. The zero-order chi connectivity index (χ0) is 22.8. The summed E-state index contributed by atoms with van der Waals surface area (Å²) in [6.07, 6.45) is -1.59. The molecule has 0 saturated carbocycles. The first-order chi connectivity index (χ1) is 13.3. The summed E-state index contributed by atoms with van der Waals surface area (Å²) in [7, 11) is 1.25. The second-order valence-electron chi connectivity index (χ2n) is 9.14. The number of hydrogen-bond donors (Lipinski definition) is 4. The molecule has 0 aliphatic carbocycles. The molecule has 5 atom stereocenters. The molecule has 7 heteroatoms. The fraction of sp³-hybridized carbons (Fsp3) is 0.818. The largest absolute Gasteiger partial charge is 0.387 e. The van der Waals surface area contributed by atoms with Crippen LogP contribution in [0.5, 0.6) is 0 Å². The van der Waals surface area contributed by atoms with Crippen LogP contribution in [-0.4, -0.2) is 65.1 Å². The van der Waals surface area contributed by atoms with Crippen LogP contribution in [0.2, 0.25) is 0 Å². The topological polar surface area (TPSA) is 116 Å². The lowest BCUT2D eigenvalue weighted by molar-refractivity contribution is -0.149. The predicted octanol–water partition coefficient (Wildman–Crippen LogP) is 1.83. The van der Waals surface area contributed by atoms with Gasteiger partial charge in [0, 0.05) is 26.0 Å². The number of carbonyl (C=O) groups is 2. The van der Waals surface area contributed by atoms with Gasteiger partial charge in [-0.05, 0) is 24.2 Å². The highest BCUT2D eigenvalue weighted by atomic mass is 16.5. The van der Waals surface area contributed by atoms with Crippen LogP contribution in [0.3, 0.4) is 0 Å². The molecule has 0 fully saturated rings. The number of rotatable bonds is 13. The maximum Gasteiger partial charge on any atom is 0.223 e. The SMILES string of the molecule is CCCNC(=O)[C@@H](CC(=O)[C@H](OC)[C@H](O)[C@@H](O)[C@H](O)/C=C/C(C)(C)C)CC(C)C. The molecule has 0 aliphatic heterocycles. The van der Waals surface area contributed by atoms with E-state index in [1.54, 1.807) is 6.08 Å². The molecule has 29 heavy (non-hydrogen) atoms. The second-order valence-corrected chi connectivity index (χ2v) is 9.14. The molecule has 0 bridgehead atoms. The van der Waals surface area contributed by atoms with Crippen molar-refractivity contribution < 1.29 is 29.6 Å². The van der Waals surface area contributed by atoms with Crippen LogP contribution in [0.15, 0.2) is 12.2 Å². The van der Waals surface area contributed by atoms with Gasteiger partial charge in [-0.1, -0.05) is 53.7 Å². The first kappa shape index (κ1) is 27.7. The van der Waals surface area contributed by atoms with Gasteiger partial charge in [-0.15, -0.1) is 0 Å². The first-order valence-electron chi connectivity index (χ1n) is 10.4. The summed E-state index contributed by atoms with van der Waals surface area (Å²) in [6, 6.07) is 0. The standard InChI is InChI=1S/C22H41NO6/c1-8-11-23-21(28)15(12-14(2)3)13-17(25)20(29-7)19(27)18(26)16(24)9-10-22(4,5)6/h9-10,14-16,18-20,24,26-27H,8,11-13H2,1-7H3,(H,23,28)/b10-9+/t15-,16-,18+,19-,20+/m1/s1. The molecule has 0 aromatic carbocycles. The summed E-state index contributed by atoms with van der Waals surface area (Å²) in [5.74, 6) is -1.02. The molecule has 0 spiro atoms. The number of amides is 1. The van der Waals surface area contributed by atoms with E-state index in [9.17, 15) is 24.9 Å². The van der Waals surface area contributed by atoms with Crippen molar-refractivity contribution in [3.8, 4) is 0 Å². The summed E-state index contributed by atoms with van der Waals surface area (Å²) in [4.78, 5) is 25.2. The minimum atomic E-state index is -1.62. The van der Waals surface area contributed by atoms with Gasteiger partial charge < -0.3 is 25.4 Å². The molecule has 0 aliphatic rings. The van der Waals surface area contributed by atoms with E-state index in [-0.39, 0.29) is 23.7 Å². The van der Waals surface area contributed by atoms with Crippen molar-refractivity contribution in [2.75, 3.05) is 13.7 Å². The third-order valence-electron chi connectivity index (χ3n) is 4.50. The zero-order valence-electron chi connectivity index (χ0n) is 19.0. The number of hydrogen-bond acceptors (Lipinski definition) is 6. The number of methoxy groups -OCH3 is 1. The fourth-order valence-corrected chi connectivity index (χ4v) is 2.95. The van der Waals surface area contributed by atoms with Crippen LogP contribution in [0.25, 0.3) is 0 Å². The van der Waals surface area contributed by atoms with Gasteiger partial charge in [-0.3, -0.25) is 9.59 Å². The van der Waals surface area contributed by atoms with Gasteiger partial charge in [-0.2, -0.15) is 0 Å². The molecule has 1 amide bonds. The number of aliphatic hydroxyl groups excluding tert-OH is 3. The van der Waals surface area contributed by atoms with Gasteiger partial charge in [0.15, 0.2) is 5.78 Å². The van der Waals surface area contributed by atoms with Crippen molar-refractivity contribution in [2.45, 2.75) is 85.2 Å². The molecule has 0 rings (SSSR count). The number of aliphatic hydroxyl groups is 3. The van der Waals surface area contributed by atoms with Gasteiger partial charge in [0.1, 0.15) is 24.4 Å². The fourth-order valence-electron chi connectivity index (χ4n) is 2.95. The lowest BCUT2D eigenvalue weighted by Gasteiger charge is -2.28. The Hall–Kier alpha value is -1.28. The summed E-state index contributed by atoms with van der Waals surface area (Å²) in [5, 5.41) is 33.7. The van der Waals surface area contributed by atoms with Crippen molar-refractivity contribution in [2.24, 2.45) is 17.3 Å². The highest BCUT2D eigenvalue weighted by Crippen LogP contribution is 2.21. The average molecular weight is 416 g/mol. The lowest BCUT2D eigenvalue weighted by Crippen LogP contribution is -2.49. The summed E-state index contributed by atoms with van der Waals surface area (Å²) in [5.41, 5.74) is -0.210. The van der Waals surface area contributed by atoms with E-state index in [0.29, 0.717) is 13.0 Å². The van der Waals surface area contributed by atoms with E-state index in [0.717, 1.165) is 6.42 Å². The molecule has 0 aromatic rings. The number of Topliss-reactive ketones (excluding diaryl/α,β-unsaturated/α-hetero) is 1. The normalized spacial score (nSPS) is 17.8. The maximum absolute atomic E-state index is 12.8. The van der Waals surface area contributed by atoms with Crippen LogP contribution < -0.4 is 5.32 Å². The monoisotopic (exact) mass is 415 g/mol. The summed E-state index contributed by atoms with van der Waals surface area (Å²) < 4.78 is 5.13. The van der Waals surface area contributed by atoms with Crippen molar-refractivity contribution in [3.63, 3.8) is 0 Å². The average Bonchev–Trinajstić information content (AvgIpc) is 2.62. The van der Waals surface area contributed by atoms with Gasteiger partial charge in [0.2, 0.25) is 5.91 Å². The minimum Gasteiger partial charge on any atom is -0.387 e. The number of ketones is 1. The highest BCUT2D eigenvalue weighted by molar-refractivity contribution is 5.89. The molecule has 0 heterocycles. The van der Waals surface area contributed by atoms with Gasteiger partial charge >= 0.3 is 0 Å². The molecule has 170 valence electrons. The van der Waals surface area contributed by atoms with E-state index in [2.05, 4.69) is 5.32 Å². The molecule has 0 aromatic heterocycles. The summed E-state index contributed by atoms with van der Waals surface area (Å²) >= 11 is 0.